The molecule has 2 aliphatic rings. The van der Waals surface area contributed by atoms with E-state index < -0.39 is 6.09 Å². The Morgan fingerprint density at radius 3 is 2.74 bits per heavy atom. The molecule has 3 aromatic rings. The van der Waals surface area contributed by atoms with Crippen LogP contribution in [0.1, 0.15) is 37.7 Å². The van der Waals surface area contributed by atoms with E-state index in [1.54, 1.807) is 12.3 Å². The van der Waals surface area contributed by atoms with Gasteiger partial charge in [-0.15, -0.1) is 0 Å². The molecule has 5 rings (SSSR count). The number of aromatic nitrogens is 1. The first-order chi connectivity index (χ1) is 15.2. The van der Waals surface area contributed by atoms with Gasteiger partial charge in [-0.1, -0.05) is 37.5 Å². The van der Waals surface area contributed by atoms with E-state index in [4.69, 9.17) is 4.74 Å². The molecule has 0 radical (unpaired) electrons. The van der Waals surface area contributed by atoms with Crippen LogP contribution in [-0.4, -0.2) is 23.5 Å². The van der Waals surface area contributed by atoms with Crippen molar-refractivity contribution in [1.29, 1.82) is 0 Å². The third kappa shape index (κ3) is 4.10. The highest BCUT2D eigenvalue weighted by Gasteiger charge is 2.31. The lowest BCUT2D eigenvalue weighted by atomic mass is 9.88. The molecular weight excluding hydrogens is 390 g/mol. The van der Waals surface area contributed by atoms with Crippen molar-refractivity contribution in [1.82, 2.24) is 4.98 Å². The monoisotopic (exact) mass is 415 g/mol. The third-order valence-electron chi connectivity index (χ3n) is 6.21. The highest BCUT2D eigenvalue weighted by molar-refractivity contribution is 5.97. The number of rotatable bonds is 3. The fourth-order valence-corrected chi connectivity index (χ4v) is 4.63. The molecular formula is C25H25N3O3. The lowest BCUT2D eigenvalue weighted by Gasteiger charge is -2.26. The SMILES string of the molecule is O=C(Nc1cnc2ccccc2c1)Oc1ccc2c(c1)CCN2C(=O)C1CCCCC1. The van der Waals surface area contributed by atoms with E-state index in [1.807, 2.05) is 47.4 Å². The highest BCUT2D eigenvalue weighted by atomic mass is 16.6. The molecule has 1 aliphatic heterocycles. The van der Waals surface area contributed by atoms with Crippen LogP contribution in [0.2, 0.25) is 0 Å². The number of para-hydroxylation sites is 1. The Labute approximate surface area is 181 Å². The van der Waals surface area contributed by atoms with Crippen LogP contribution in [0.25, 0.3) is 10.9 Å². The summed E-state index contributed by atoms with van der Waals surface area (Å²) in [6, 6.07) is 15.1. The number of hydrogen-bond donors (Lipinski definition) is 1. The zero-order valence-corrected chi connectivity index (χ0v) is 17.3. The van der Waals surface area contributed by atoms with Gasteiger partial charge in [-0.25, -0.2) is 4.79 Å². The molecule has 0 unspecified atom stereocenters. The second-order valence-corrected chi connectivity index (χ2v) is 8.30. The van der Waals surface area contributed by atoms with E-state index in [0.717, 1.165) is 54.3 Å². The Morgan fingerprint density at radius 2 is 1.87 bits per heavy atom. The van der Waals surface area contributed by atoms with Crippen LogP contribution < -0.4 is 15.0 Å². The van der Waals surface area contributed by atoms with Crippen molar-refractivity contribution < 1.29 is 14.3 Å². The minimum atomic E-state index is -0.565. The van der Waals surface area contributed by atoms with E-state index in [2.05, 4.69) is 10.3 Å². The number of nitrogens with zero attached hydrogens (tertiary/aromatic N) is 2. The van der Waals surface area contributed by atoms with E-state index in [9.17, 15) is 9.59 Å². The molecule has 1 saturated carbocycles. The highest BCUT2D eigenvalue weighted by Crippen LogP contribution is 2.35. The van der Waals surface area contributed by atoms with Crippen LogP contribution in [0.4, 0.5) is 16.2 Å². The summed E-state index contributed by atoms with van der Waals surface area (Å²) in [5.74, 6) is 0.864. The van der Waals surface area contributed by atoms with E-state index in [0.29, 0.717) is 18.0 Å². The summed E-state index contributed by atoms with van der Waals surface area (Å²) in [5.41, 5.74) is 3.44. The first-order valence-electron chi connectivity index (χ1n) is 11.0. The van der Waals surface area contributed by atoms with Crippen molar-refractivity contribution in [2.24, 2.45) is 5.92 Å². The molecule has 158 valence electrons. The van der Waals surface area contributed by atoms with Crippen molar-refractivity contribution in [3.05, 3.63) is 60.3 Å². The Morgan fingerprint density at radius 1 is 1.03 bits per heavy atom. The molecule has 31 heavy (non-hydrogen) atoms. The molecule has 0 atom stereocenters. The Bertz CT molecular complexity index is 1140. The first kappa shape index (κ1) is 19.5. The summed E-state index contributed by atoms with van der Waals surface area (Å²) in [4.78, 5) is 31.6. The number of ether oxygens (including phenoxy) is 1. The number of nitrogens with one attached hydrogen (secondary N) is 1. The topological polar surface area (TPSA) is 71.5 Å². The summed E-state index contributed by atoms with van der Waals surface area (Å²) in [7, 11) is 0. The molecule has 6 nitrogen and oxygen atoms in total. The predicted molar refractivity (Wildman–Crippen MR) is 120 cm³/mol. The maximum atomic E-state index is 12.9. The van der Waals surface area contributed by atoms with Crippen molar-refractivity contribution in [2.45, 2.75) is 38.5 Å². The van der Waals surface area contributed by atoms with Gasteiger partial charge in [0.25, 0.3) is 0 Å². The van der Waals surface area contributed by atoms with Gasteiger partial charge in [-0.05, 0) is 55.2 Å². The normalized spacial score (nSPS) is 16.2. The lowest BCUT2D eigenvalue weighted by molar-refractivity contribution is -0.123. The van der Waals surface area contributed by atoms with Crippen LogP contribution in [0.15, 0.2) is 54.7 Å². The van der Waals surface area contributed by atoms with Crippen LogP contribution in [0, 0.1) is 5.92 Å². The van der Waals surface area contributed by atoms with Gasteiger partial charge in [0.1, 0.15) is 5.75 Å². The minimum Gasteiger partial charge on any atom is -0.410 e. The van der Waals surface area contributed by atoms with Crippen molar-refractivity contribution >= 4 is 34.3 Å². The summed E-state index contributed by atoms with van der Waals surface area (Å²) >= 11 is 0. The number of hydrogen-bond acceptors (Lipinski definition) is 4. The standard InChI is InChI=1S/C25H25N3O3/c29-24(17-6-2-1-3-7-17)28-13-12-19-15-21(10-11-23(19)28)31-25(30)27-20-14-18-8-4-5-9-22(18)26-16-20/h4-5,8-11,14-17H,1-3,6-7,12-13H2,(H,27,30). The third-order valence-corrected chi connectivity index (χ3v) is 6.21. The zero-order valence-electron chi connectivity index (χ0n) is 17.3. The zero-order chi connectivity index (χ0) is 21.2. The summed E-state index contributed by atoms with van der Waals surface area (Å²) in [6.07, 6.45) is 7.34. The Kier molecular flexibility index (Phi) is 5.28. The van der Waals surface area contributed by atoms with Crippen molar-refractivity contribution in [3.63, 3.8) is 0 Å². The molecule has 1 N–H and O–H groups in total. The van der Waals surface area contributed by atoms with Crippen LogP contribution in [0.3, 0.4) is 0 Å². The van der Waals surface area contributed by atoms with E-state index in [1.165, 1.54) is 6.42 Å². The van der Waals surface area contributed by atoms with Gasteiger partial charge in [-0.2, -0.15) is 0 Å². The molecule has 2 aromatic carbocycles. The molecule has 1 fully saturated rings. The molecule has 0 spiro atoms. The van der Waals surface area contributed by atoms with Gasteiger partial charge in [0.15, 0.2) is 0 Å². The van der Waals surface area contributed by atoms with Crippen molar-refractivity contribution in [3.8, 4) is 5.75 Å². The smallest absolute Gasteiger partial charge is 0.410 e. The second kappa shape index (κ2) is 8.38. The van der Waals surface area contributed by atoms with Crippen LogP contribution in [0.5, 0.6) is 5.75 Å². The molecule has 2 heterocycles. The summed E-state index contributed by atoms with van der Waals surface area (Å²) in [6.45, 7) is 0.697. The quantitative estimate of drug-likeness (QED) is 0.629. The average Bonchev–Trinajstić information content (AvgIpc) is 3.22. The molecule has 2 amide bonds. The predicted octanol–water partition coefficient (Wildman–Crippen LogP) is 5.32. The summed E-state index contributed by atoms with van der Waals surface area (Å²) in [5, 5.41) is 3.68. The lowest BCUT2D eigenvalue weighted by Crippen LogP contribution is -2.35. The average molecular weight is 415 g/mol. The molecule has 6 heteroatoms. The maximum Gasteiger partial charge on any atom is 0.417 e. The van der Waals surface area contributed by atoms with Crippen LogP contribution >= 0.6 is 0 Å². The molecule has 0 bridgehead atoms. The minimum absolute atomic E-state index is 0.150. The van der Waals surface area contributed by atoms with Gasteiger partial charge in [0, 0.05) is 23.5 Å². The number of carbonyl (C=O) groups excluding carboxylic acids is 2. The van der Waals surface area contributed by atoms with Crippen LogP contribution in [-0.2, 0) is 11.2 Å². The van der Waals surface area contributed by atoms with Crippen molar-refractivity contribution in [2.75, 3.05) is 16.8 Å². The number of carbonyl (C=O) groups is 2. The fraction of sp³-hybridized carbons (Fsp3) is 0.320. The fourth-order valence-electron chi connectivity index (χ4n) is 4.63. The van der Waals surface area contributed by atoms with Gasteiger partial charge < -0.3 is 9.64 Å². The number of amides is 2. The second-order valence-electron chi connectivity index (χ2n) is 8.30. The van der Waals surface area contributed by atoms with Gasteiger partial charge in [0.2, 0.25) is 5.91 Å². The number of anilines is 2. The molecule has 1 aliphatic carbocycles. The first-order valence-corrected chi connectivity index (χ1v) is 11.0. The van der Waals surface area contributed by atoms with Gasteiger partial charge in [0.05, 0.1) is 17.4 Å². The Balaban J connectivity index is 1.25. The van der Waals surface area contributed by atoms with E-state index >= 15 is 0 Å². The number of fused-ring (bicyclic) bond motifs is 2. The van der Waals surface area contributed by atoms with Gasteiger partial charge in [-0.3, -0.25) is 15.1 Å². The van der Waals surface area contributed by atoms with E-state index in [-0.39, 0.29) is 11.8 Å². The Hall–Kier alpha value is -3.41. The number of benzene rings is 2. The number of pyridine rings is 1. The largest absolute Gasteiger partial charge is 0.417 e. The summed E-state index contributed by atoms with van der Waals surface area (Å²) < 4.78 is 5.49. The maximum absolute atomic E-state index is 12.9. The van der Waals surface area contributed by atoms with Gasteiger partial charge >= 0.3 is 6.09 Å². The molecule has 1 aromatic heterocycles. The molecule has 0 saturated heterocycles.